The molecule has 0 heterocycles. The first kappa shape index (κ1) is 6.98. The van der Waals surface area contributed by atoms with Crippen LogP contribution in [0.25, 0.3) is 0 Å². The summed E-state index contributed by atoms with van der Waals surface area (Å²) in [6, 6.07) is 0. The summed E-state index contributed by atoms with van der Waals surface area (Å²) in [6.45, 7) is 3.78. The molecule has 1 fully saturated rings. The van der Waals surface area contributed by atoms with Gasteiger partial charge in [-0.3, -0.25) is 0 Å². The van der Waals surface area contributed by atoms with Gasteiger partial charge in [-0.05, 0) is 6.92 Å². The molecule has 0 N–H and O–H groups in total. The molecule has 0 amide bonds. The summed E-state index contributed by atoms with van der Waals surface area (Å²) in [5.41, 5.74) is 0. The molecule has 0 bridgehead atoms. The molecule has 3 heteroatoms. The largest absolute Gasteiger partial charge is 0.141 e. The molecule has 0 aromatic carbocycles. The predicted molar refractivity (Wildman–Crippen MR) is 37.9 cm³/mol. The van der Waals surface area contributed by atoms with Gasteiger partial charge in [0.1, 0.15) is 4.33 Å². The Morgan fingerprint density at radius 1 is 1.25 bits per heavy atom. The average Bonchev–Trinajstić information content (AvgIpc) is 1.88. The Morgan fingerprint density at radius 2 is 1.38 bits per heavy atom. The van der Waals surface area contributed by atoms with E-state index in [1.807, 2.05) is 13.8 Å². The Labute approximate surface area is 64.1 Å². The van der Waals surface area contributed by atoms with E-state index in [4.69, 9.17) is 34.8 Å². The van der Waals surface area contributed by atoms with Gasteiger partial charge in [0.25, 0.3) is 0 Å². The van der Waals surface area contributed by atoms with Crippen molar-refractivity contribution in [3.8, 4) is 0 Å². The fourth-order valence-electron chi connectivity index (χ4n) is 0.696. The minimum absolute atomic E-state index is 0.208. The predicted octanol–water partition coefficient (Wildman–Crippen LogP) is 2.81. The van der Waals surface area contributed by atoms with E-state index in [-0.39, 0.29) is 5.92 Å². The third-order valence-electron chi connectivity index (χ3n) is 1.93. The van der Waals surface area contributed by atoms with E-state index in [0.717, 1.165) is 0 Å². The molecule has 0 aliphatic heterocycles. The van der Waals surface area contributed by atoms with E-state index in [2.05, 4.69) is 0 Å². The number of rotatable bonds is 0. The molecule has 0 unspecified atom stereocenters. The van der Waals surface area contributed by atoms with Gasteiger partial charge in [-0.15, -0.1) is 11.6 Å². The van der Waals surface area contributed by atoms with Gasteiger partial charge in [0.05, 0.1) is 4.87 Å². The summed E-state index contributed by atoms with van der Waals surface area (Å²) in [5.74, 6) is 0.208. The SMILES string of the molecule is C[C@H]1C(Cl)(Cl)[C@@]1(C)Cl. The van der Waals surface area contributed by atoms with Crippen molar-refractivity contribution in [2.75, 3.05) is 0 Å². The van der Waals surface area contributed by atoms with Crippen molar-refractivity contribution in [1.29, 1.82) is 0 Å². The maximum absolute atomic E-state index is 5.82. The molecule has 0 aromatic heterocycles. The fraction of sp³-hybridized carbons (Fsp3) is 1.00. The Hall–Kier alpha value is 0.870. The van der Waals surface area contributed by atoms with Crippen LogP contribution in [0.4, 0.5) is 0 Å². The van der Waals surface area contributed by atoms with Crippen molar-refractivity contribution in [3.05, 3.63) is 0 Å². The molecule has 1 aliphatic rings. The number of halogens is 3. The van der Waals surface area contributed by atoms with Crippen LogP contribution in [0.5, 0.6) is 0 Å². The molecule has 1 rings (SSSR count). The van der Waals surface area contributed by atoms with Crippen molar-refractivity contribution >= 4 is 34.8 Å². The van der Waals surface area contributed by atoms with Gasteiger partial charge in [0.15, 0.2) is 0 Å². The van der Waals surface area contributed by atoms with Crippen LogP contribution in [-0.4, -0.2) is 9.21 Å². The van der Waals surface area contributed by atoms with Crippen molar-refractivity contribution < 1.29 is 0 Å². The quantitative estimate of drug-likeness (QED) is 0.494. The summed E-state index contributed by atoms with van der Waals surface area (Å²) in [5, 5.41) is 0. The van der Waals surface area contributed by atoms with Gasteiger partial charge in [-0.2, -0.15) is 0 Å². The first-order chi connectivity index (χ1) is 3.40. The fourth-order valence-corrected chi connectivity index (χ4v) is 1.73. The summed E-state index contributed by atoms with van der Waals surface area (Å²) >= 11 is 17.3. The Balaban J connectivity index is 2.72. The second-order valence-corrected chi connectivity index (χ2v) is 4.59. The van der Waals surface area contributed by atoms with Crippen molar-refractivity contribution in [2.45, 2.75) is 23.1 Å². The smallest absolute Gasteiger partial charge is 0.116 e. The van der Waals surface area contributed by atoms with E-state index in [9.17, 15) is 0 Å². The van der Waals surface area contributed by atoms with E-state index in [1.165, 1.54) is 0 Å². The van der Waals surface area contributed by atoms with Gasteiger partial charge in [-0.25, -0.2) is 0 Å². The first-order valence-electron chi connectivity index (χ1n) is 2.47. The lowest BCUT2D eigenvalue weighted by Gasteiger charge is -1.96. The van der Waals surface area contributed by atoms with Crippen LogP contribution in [0.1, 0.15) is 13.8 Å². The number of hydrogen-bond acceptors (Lipinski definition) is 0. The summed E-state index contributed by atoms with van der Waals surface area (Å²) < 4.78 is -0.686. The highest BCUT2D eigenvalue weighted by Crippen LogP contribution is 2.65. The van der Waals surface area contributed by atoms with Crippen molar-refractivity contribution in [1.82, 2.24) is 0 Å². The lowest BCUT2D eigenvalue weighted by molar-refractivity contribution is 0.868. The zero-order valence-corrected chi connectivity index (χ0v) is 6.98. The van der Waals surface area contributed by atoms with Crippen LogP contribution in [0.2, 0.25) is 0 Å². The van der Waals surface area contributed by atoms with Crippen molar-refractivity contribution in [2.24, 2.45) is 5.92 Å². The molecule has 0 aromatic rings. The van der Waals surface area contributed by atoms with Crippen LogP contribution in [0.3, 0.4) is 0 Å². The number of hydrogen-bond donors (Lipinski definition) is 0. The summed E-state index contributed by atoms with van der Waals surface area (Å²) in [4.78, 5) is -0.393. The maximum atomic E-state index is 5.82. The standard InChI is InChI=1S/C5H7Cl3/c1-3-4(2,6)5(3,7)8/h3H,1-2H3/t3-,4+/m1/s1. The van der Waals surface area contributed by atoms with Crippen LogP contribution in [-0.2, 0) is 0 Å². The lowest BCUT2D eigenvalue weighted by atomic mass is 10.4. The zero-order valence-electron chi connectivity index (χ0n) is 4.71. The molecule has 8 heavy (non-hydrogen) atoms. The van der Waals surface area contributed by atoms with Crippen LogP contribution < -0.4 is 0 Å². The van der Waals surface area contributed by atoms with E-state index >= 15 is 0 Å². The Kier molecular flexibility index (Phi) is 1.29. The monoisotopic (exact) mass is 172 g/mol. The van der Waals surface area contributed by atoms with E-state index in [1.54, 1.807) is 0 Å². The topological polar surface area (TPSA) is 0 Å². The minimum atomic E-state index is -0.686. The minimum Gasteiger partial charge on any atom is -0.116 e. The molecular formula is C5H7Cl3. The van der Waals surface area contributed by atoms with E-state index in [0.29, 0.717) is 0 Å². The van der Waals surface area contributed by atoms with Gasteiger partial charge >= 0.3 is 0 Å². The van der Waals surface area contributed by atoms with Crippen molar-refractivity contribution in [3.63, 3.8) is 0 Å². The highest BCUT2D eigenvalue weighted by atomic mass is 35.5. The molecule has 48 valence electrons. The first-order valence-corrected chi connectivity index (χ1v) is 3.61. The van der Waals surface area contributed by atoms with Crippen LogP contribution in [0, 0.1) is 5.92 Å². The Bertz CT molecular complexity index is 103. The molecule has 2 atom stereocenters. The molecule has 0 saturated heterocycles. The molecule has 1 aliphatic carbocycles. The second-order valence-electron chi connectivity index (χ2n) is 2.42. The lowest BCUT2D eigenvalue weighted by Crippen LogP contribution is -2.00. The third-order valence-corrected chi connectivity index (χ3v) is 4.18. The second kappa shape index (κ2) is 1.47. The average molecular weight is 173 g/mol. The van der Waals surface area contributed by atoms with Gasteiger partial charge in [-0.1, -0.05) is 30.1 Å². The third kappa shape index (κ3) is 0.600. The summed E-state index contributed by atoms with van der Waals surface area (Å²) in [6.07, 6.45) is 0. The molecule has 0 radical (unpaired) electrons. The zero-order chi connectivity index (χ0) is 6.58. The van der Waals surface area contributed by atoms with Gasteiger partial charge < -0.3 is 0 Å². The molecule has 0 spiro atoms. The van der Waals surface area contributed by atoms with E-state index < -0.39 is 9.21 Å². The highest BCUT2D eigenvalue weighted by molar-refractivity contribution is 6.58. The van der Waals surface area contributed by atoms with Crippen LogP contribution in [0.15, 0.2) is 0 Å². The van der Waals surface area contributed by atoms with Gasteiger partial charge in [0.2, 0.25) is 0 Å². The normalized spacial score (nSPS) is 51.4. The highest BCUT2D eigenvalue weighted by Gasteiger charge is 2.70. The maximum Gasteiger partial charge on any atom is 0.141 e. The summed E-state index contributed by atoms with van der Waals surface area (Å²) in [7, 11) is 0. The number of alkyl halides is 3. The Morgan fingerprint density at radius 3 is 1.38 bits per heavy atom. The van der Waals surface area contributed by atoms with Crippen LogP contribution >= 0.6 is 34.8 Å². The molecular weight excluding hydrogens is 166 g/mol. The molecule has 0 nitrogen and oxygen atoms in total. The van der Waals surface area contributed by atoms with Gasteiger partial charge in [0, 0.05) is 5.92 Å². The molecule has 1 saturated carbocycles.